The van der Waals surface area contributed by atoms with E-state index in [0.29, 0.717) is 53.0 Å². The molecule has 14 heteroatoms. The van der Waals surface area contributed by atoms with Gasteiger partial charge in [0.25, 0.3) is 0 Å². The third-order valence-corrected chi connectivity index (χ3v) is 15.0. The first-order valence-electron chi connectivity index (χ1n) is 21.7. The second kappa shape index (κ2) is 20.7. The van der Waals surface area contributed by atoms with E-state index in [9.17, 15) is 36.6 Å². The van der Waals surface area contributed by atoms with Gasteiger partial charge in [-0.15, -0.1) is 0 Å². The number of ether oxygens (including phenoxy) is 2. The van der Waals surface area contributed by atoms with Gasteiger partial charge < -0.3 is 19.7 Å². The van der Waals surface area contributed by atoms with Crippen LogP contribution in [0.3, 0.4) is 0 Å². The standard InChI is InChI=1S/2C26H27NO5S/c1-17-6-11-22(12-7-17)33(30,31)27-26-23-14-18(8-9-19(23)10-13-24(26)28)15-25(29)20-4-3-5-21(16-20)32-2;1-3-17-8-11-22(12-9-17)33(30,31)27-26-23-13-18(7-10-19(23)16-25(26)29)14-24(28)20-5-4-6-21(15-20)32-2/h3-9,11-12,14,16,24,26-28H,10,13,15H2,1-2H3;4-13,15,25-27,29H,3,14,16H2,1-2H3/t24-,26-;25-,26-/m11/s1. The minimum Gasteiger partial charge on any atom is -0.497 e. The van der Waals surface area contributed by atoms with Gasteiger partial charge in [-0.2, -0.15) is 0 Å². The summed E-state index contributed by atoms with van der Waals surface area (Å²) in [6.45, 7) is 3.89. The van der Waals surface area contributed by atoms with Gasteiger partial charge in [-0.1, -0.05) is 97.4 Å². The number of aryl methyl sites for hydroxylation is 3. The maximum Gasteiger partial charge on any atom is 0.241 e. The van der Waals surface area contributed by atoms with Crippen molar-refractivity contribution in [1.29, 1.82) is 0 Å². The summed E-state index contributed by atoms with van der Waals surface area (Å²) in [4.78, 5) is 25.9. The Bertz CT molecular complexity index is 2940. The van der Waals surface area contributed by atoms with Gasteiger partial charge in [0.15, 0.2) is 11.6 Å². The summed E-state index contributed by atoms with van der Waals surface area (Å²) >= 11 is 0. The lowest BCUT2D eigenvalue weighted by Gasteiger charge is -2.31. The van der Waals surface area contributed by atoms with E-state index in [2.05, 4.69) is 9.44 Å². The second-order valence-electron chi connectivity index (χ2n) is 16.6. The molecule has 0 aromatic heterocycles. The van der Waals surface area contributed by atoms with Crippen LogP contribution in [0.25, 0.3) is 0 Å². The van der Waals surface area contributed by atoms with Gasteiger partial charge in [0.05, 0.1) is 48.3 Å². The first-order chi connectivity index (χ1) is 31.6. The number of carbonyl (C=O) groups is 2. The van der Waals surface area contributed by atoms with Crippen LogP contribution in [-0.2, 0) is 52.2 Å². The van der Waals surface area contributed by atoms with Crippen LogP contribution < -0.4 is 18.9 Å². The second-order valence-corrected chi connectivity index (χ2v) is 20.0. The molecule has 6 aromatic rings. The Hall–Kier alpha value is -6.00. The Morgan fingerprint density at radius 1 is 0.591 bits per heavy atom. The molecule has 0 bridgehead atoms. The van der Waals surface area contributed by atoms with E-state index in [1.807, 2.05) is 50.2 Å². The first-order valence-corrected chi connectivity index (χ1v) is 24.7. The number of Topliss-reactive ketones (excluding diaryl/α,β-unsaturated/α-hetero) is 2. The van der Waals surface area contributed by atoms with Gasteiger partial charge >= 0.3 is 0 Å². The molecule has 0 heterocycles. The average Bonchev–Trinajstić information content (AvgIpc) is 3.62. The van der Waals surface area contributed by atoms with E-state index in [1.165, 1.54) is 0 Å². The predicted octanol–water partition coefficient (Wildman–Crippen LogP) is 7.38. The van der Waals surface area contributed by atoms with E-state index >= 15 is 0 Å². The quantitative estimate of drug-likeness (QED) is 0.0758. The lowest BCUT2D eigenvalue weighted by atomic mass is 9.84. The minimum absolute atomic E-state index is 0.0676. The number of carbonyl (C=O) groups excluding carboxylic acids is 2. The van der Waals surface area contributed by atoms with Crippen LogP contribution >= 0.6 is 0 Å². The van der Waals surface area contributed by atoms with Crippen molar-refractivity contribution < 1.29 is 46.1 Å². The molecule has 0 aliphatic heterocycles. The Kier molecular flexibility index (Phi) is 15.0. The molecule has 0 saturated carbocycles. The summed E-state index contributed by atoms with van der Waals surface area (Å²) in [6.07, 6.45) is 0.847. The van der Waals surface area contributed by atoms with Crippen molar-refractivity contribution in [2.75, 3.05) is 14.2 Å². The van der Waals surface area contributed by atoms with Gasteiger partial charge in [-0.3, -0.25) is 9.59 Å². The summed E-state index contributed by atoms with van der Waals surface area (Å²) in [5, 5.41) is 21.3. The van der Waals surface area contributed by atoms with E-state index in [1.54, 1.807) is 111 Å². The minimum atomic E-state index is -3.83. The summed E-state index contributed by atoms with van der Waals surface area (Å²) in [5.41, 5.74) is 7.86. The molecule has 4 N–H and O–H groups in total. The molecule has 12 nitrogen and oxygen atoms in total. The lowest BCUT2D eigenvalue weighted by molar-refractivity contribution is 0.0984. The molecule has 2 aliphatic carbocycles. The molecular formula is C52H54N2O10S2. The fraction of sp³-hybridized carbons (Fsp3) is 0.269. The number of ketones is 2. The molecular weight excluding hydrogens is 877 g/mol. The number of hydrogen-bond donors (Lipinski definition) is 4. The highest BCUT2D eigenvalue weighted by Crippen LogP contribution is 2.35. The van der Waals surface area contributed by atoms with Crippen molar-refractivity contribution in [1.82, 2.24) is 9.44 Å². The number of nitrogens with one attached hydrogen (secondary N) is 2. The zero-order chi connectivity index (χ0) is 47.2. The third-order valence-electron chi connectivity index (χ3n) is 12.0. The third kappa shape index (κ3) is 11.3. The van der Waals surface area contributed by atoms with Crippen LogP contribution in [-0.4, -0.2) is 65.0 Å². The fourth-order valence-electron chi connectivity index (χ4n) is 8.27. The number of fused-ring (bicyclic) bond motifs is 2. The van der Waals surface area contributed by atoms with Crippen molar-refractivity contribution >= 4 is 31.6 Å². The van der Waals surface area contributed by atoms with Crippen LogP contribution in [0.1, 0.15) is 90.7 Å². The van der Waals surface area contributed by atoms with Gasteiger partial charge in [0.1, 0.15) is 11.5 Å². The molecule has 0 spiro atoms. The van der Waals surface area contributed by atoms with Gasteiger partial charge in [-0.25, -0.2) is 26.3 Å². The molecule has 4 atom stereocenters. The van der Waals surface area contributed by atoms with E-state index in [0.717, 1.165) is 39.8 Å². The van der Waals surface area contributed by atoms with E-state index < -0.39 is 44.3 Å². The van der Waals surface area contributed by atoms with Crippen molar-refractivity contribution in [2.24, 2.45) is 0 Å². The molecule has 0 radical (unpaired) electrons. The molecule has 2 aliphatic rings. The fourth-order valence-corrected chi connectivity index (χ4v) is 10.8. The molecule has 66 heavy (non-hydrogen) atoms. The monoisotopic (exact) mass is 930 g/mol. The maximum atomic E-state index is 13.0. The highest BCUT2D eigenvalue weighted by molar-refractivity contribution is 7.89. The lowest BCUT2D eigenvalue weighted by Crippen LogP contribution is -2.39. The summed E-state index contributed by atoms with van der Waals surface area (Å²) in [7, 11) is -4.55. The normalized spacial score (nSPS) is 17.7. The summed E-state index contributed by atoms with van der Waals surface area (Å²) in [6, 6.07) is 36.9. The van der Waals surface area contributed by atoms with Crippen LogP contribution in [0.5, 0.6) is 11.5 Å². The topological polar surface area (TPSA) is 185 Å². The molecule has 8 rings (SSSR count). The van der Waals surface area contributed by atoms with Crippen LogP contribution in [0.4, 0.5) is 0 Å². The molecule has 0 amide bonds. The zero-order valence-electron chi connectivity index (χ0n) is 37.2. The van der Waals surface area contributed by atoms with Crippen LogP contribution in [0, 0.1) is 6.92 Å². The van der Waals surface area contributed by atoms with Crippen molar-refractivity contribution in [3.05, 3.63) is 189 Å². The van der Waals surface area contributed by atoms with Crippen LogP contribution in [0.15, 0.2) is 143 Å². The summed E-state index contributed by atoms with van der Waals surface area (Å²) < 4.78 is 67.6. The Morgan fingerprint density at radius 3 is 1.55 bits per heavy atom. The van der Waals surface area contributed by atoms with Crippen LogP contribution in [0.2, 0.25) is 0 Å². The smallest absolute Gasteiger partial charge is 0.241 e. The number of hydrogen-bond acceptors (Lipinski definition) is 10. The Labute approximate surface area is 386 Å². The molecule has 0 saturated heterocycles. The highest BCUT2D eigenvalue weighted by atomic mass is 32.2. The van der Waals surface area contributed by atoms with Crippen molar-refractivity contribution in [3.63, 3.8) is 0 Å². The highest BCUT2D eigenvalue weighted by Gasteiger charge is 2.35. The van der Waals surface area contributed by atoms with E-state index in [-0.39, 0.29) is 34.2 Å². The summed E-state index contributed by atoms with van der Waals surface area (Å²) in [5.74, 6) is 1.09. The molecule has 0 unspecified atom stereocenters. The molecule has 344 valence electrons. The first kappa shape index (κ1) is 47.9. The number of methoxy groups -OCH3 is 2. The number of benzene rings is 6. The molecule has 6 aromatic carbocycles. The maximum absolute atomic E-state index is 13.0. The van der Waals surface area contributed by atoms with Gasteiger partial charge in [0, 0.05) is 30.4 Å². The SMILES string of the molecule is CCc1ccc(S(=O)(=O)N[C@@H]2c3cc(CC(=O)c4cccc(OC)c4)ccc3C[C@H]2O)cc1.COc1cccc(C(=O)Cc2ccc3c(c2)[C@@H](NS(=O)(=O)c2ccc(C)cc2)[C@H](O)CC3)c1. The average molecular weight is 931 g/mol. The predicted molar refractivity (Wildman–Crippen MR) is 252 cm³/mol. The van der Waals surface area contributed by atoms with Crippen molar-refractivity contribution in [3.8, 4) is 11.5 Å². The largest absolute Gasteiger partial charge is 0.497 e. The number of aliphatic hydroxyl groups excluding tert-OH is 2. The van der Waals surface area contributed by atoms with Gasteiger partial charge in [-0.05, 0) is 114 Å². The number of sulfonamides is 2. The Balaban J connectivity index is 0.000000196. The number of rotatable bonds is 15. The van der Waals surface area contributed by atoms with Crippen molar-refractivity contribution in [2.45, 2.75) is 86.5 Å². The Morgan fingerprint density at radius 2 is 1.05 bits per heavy atom. The zero-order valence-corrected chi connectivity index (χ0v) is 38.9. The molecule has 0 fully saturated rings. The van der Waals surface area contributed by atoms with Gasteiger partial charge in [0.2, 0.25) is 20.0 Å². The number of aliphatic hydroxyl groups is 2. The van der Waals surface area contributed by atoms with E-state index in [4.69, 9.17) is 9.47 Å².